The van der Waals surface area contributed by atoms with Gasteiger partial charge in [-0.15, -0.1) is 0 Å². The minimum atomic E-state index is -0.482. The molecule has 0 aliphatic carbocycles. The Morgan fingerprint density at radius 3 is 2.83 bits per heavy atom. The quantitative estimate of drug-likeness (QED) is 0.228. The molecule has 2 aromatic rings. The molecule has 1 heterocycles. The van der Waals surface area contributed by atoms with Crippen molar-refractivity contribution in [3.05, 3.63) is 46.6 Å². The highest BCUT2D eigenvalue weighted by Crippen LogP contribution is 2.23. The van der Waals surface area contributed by atoms with Crippen LogP contribution in [0.1, 0.15) is 5.56 Å². The zero-order valence-electron chi connectivity index (χ0n) is 12.3. The lowest BCUT2D eigenvalue weighted by Gasteiger charge is -2.10. The number of nitrogens with two attached hydrogens (primary N) is 1. The number of carbonyl (C=O) groups is 1. The molecule has 24 heavy (non-hydrogen) atoms. The Balaban J connectivity index is 2.15. The van der Waals surface area contributed by atoms with Gasteiger partial charge >= 0.3 is 6.03 Å². The van der Waals surface area contributed by atoms with E-state index in [1.807, 2.05) is 0 Å². The maximum atomic E-state index is 13.3. The topological polar surface area (TPSA) is 125 Å². The molecular weight excluding hydrogens is 385 g/mol. The lowest BCUT2D eigenvalue weighted by molar-refractivity contribution is 0.252. The first-order valence-electron chi connectivity index (χ1n) is 6.80. The minimum absolute atomic E-state index is 0.0105. The number of furan rings is 1. The summed E-state index contributed by atoms with van der Waals surface area (Å²) in [6, 6.07) is 3.70. The van der Waals surface area contributed by atoms with Crippen molar-refractivity contribution in [3.8, 4) is 0 Å². The van der Waals surface area contributed by atoms with Gasteiger partial charge in [0.2, 0.25) is 0 Å². The van der Waals surface area contributed by atoms with Crippen LogP contribution in [0.3, 0.4) is 0 Å². The molecule has 0 unspecified atom stereocenters. The molecular formula is C14H15BrFN5O3. The van der Waals surface area contributed by atoms with E-state index in [1.165, 1.54) is 30.7 Å². The van der Waals surface area contributed by atoms with Crippen molar-refractivity contribution in [3.63, 3.8) is 0 Å². The predicted octanol–water partition coefficient (Wildman–Crippen LogP) is 2.51. The van der Waals surface area contributed by atoms with E-state index in [-0.39, 0.29) is 16.0 Å². The van der Waals surface area contributed by atoms with E-state index in [4.69, 9.17) is 10.2 Å². The van der Waals surface area contributed by atoms with Gasteiger partial charge in [0, 0.05) is 18.8 Å². The van der Waals surface area contributed by atoms with E-state index in [2.05, 4.69) is 37.0 Å². The van der Waals surface area contributed by atoms with Crippen LogP contribution in [0, 0.1) is 5.82 Å². The lowest BCUT2D eigenvalue weighted by atomic mass is 10.2. The first-order chi connectivity index (χ1) is 11.5. The first kappa shape index (κ1) is 17.8. The molecule has 2 rings (SSSR count). The van der Waals surface area contributed by atoms with Gasteiger partial charge in [-0.05, 0) is 34.1 Å². The van der Waals surface area contributed by atoms with Crippen molar-refractivity contribution in [1.82, 2.24) is 5.32 Å². The van der Waals surface area contributed by atoms with Crippen LogP contribution in [-0.4, -0.2) is 30.2 Å². The van der Waals surface area contributed by atoms with Gasteiger partial charge in [0.1, 0.15) is 18.3 Å². The fourth-order valence-corrected chi connectivity index (χ4v) is 2.17. The fourth-order valence-electron chi connectivity index (χ4n) is 1.79. The number of carbonyl (C=O) groups excluding carboxylic acids is 1. The van der Waals surface area contributed by atoms with Crippen molar-refractivity contribution in [2.24, 2.45) is 10.9 Å². The molecule has 10 heteroatoms. The third-order valence-electron chi connectivity index (χ3n) is 2.88. The summed E-state index contributed by atoms with van der Waals surface area (Å²) in [6.07, 6.45) is 2.57. The summed E-state index contributed by atoms with van der Waals surface area (Å²) in [4.78, 5) is 11.7. The van der Waals surface area contributed by atoms with Crippen LogP contribution in [0.15, 0.2) is 44.8 Å². The highest BCUT2D eigenvalue weighted by atomic mass is 79.9. The van der Waals surface area contributed by atoms with E-state index in [0.29, 0.717) is 24.3 Å². The van der Waals surface area contributed by atoms with Gasteiger partial charge in [0.15, 0.2) is 5.84 Å². The number of anilines is 2. The van der Waals surface area contributed by atoms with E-state index < -0.39 is 11.8 Å². The molecule has 128 valence electrons. The average molecular weight is 400 g/mol. The van der Waals surface area contributed by atoms with Crippen LogP contribution in [0.25, 0.3) is 0 Å². The number of amidine groups is 1. The Bertz CT molecular complexity index is 750. The smallest absolute Gasteiger partial charge is 0.319 e. The van der Waals surface area contributed by atoms with E-state index in [0.717, 1.165) is 0 Å². The van der Waals surface area contributed by atoms with Crippen LogP contribution in [0.5, 0.6) is 0 Å². The normalized spacial score (nSPS) is 11.2. The molecule has 0 aliphatic rings. The zero-order chi connectivity index (χ0) is 17.5. The van der Waals surface area contributed by atoms with Gasteiger partial charge in [-0.3, -0.25) is 0 Å². The summed E-state index contributed by atoms with van der Waals surface area (Å²) in [5.74, 6) is -0.415. The van der Waals surface area contributed by atoms with Crippen molar-refractivity contribution in [1.29, 1.82) is 0 Å². The summed E-state index contributed by atoms with van der Waals surface area (Å²) in [5, 5.41) is 20.3. The van der Waals surface area contributed by atoms with Crippen molar-refractivity contribution < 1.29 is 18.8 Å². The summed E-state index contributed by atoms with van der Waals surface area (Å²) in [7, 11) is 0. The summed E-state index contributed by atoms with van der Waals surface area (Å²) in [6.45, 7) is 0.609. The number of amides is 2. The number of halogens is 2. The Morgan fingerprint density at radius 2 is 2.17 bits per heavy atom. The molecule has 0 aliphatic heterocycles. The number of hydrogen-bond donors (Lipinski definition) is 5. The van der Waals surface area contributed by atoms with Crippen LogP contribution >= 0.6 is 15.9 Å². The predicted molar refractivity (Wildman–Crippen MR) is 90.8 cm³/mol. The summed E-state index contributed by atoms with van der Waals surface area (Å²) >= 11 is 3.07. The van der Waals surface area contributed by atoms with Gasteiger partial charge < -0.3 is 31.3 Å². The fraction of sp³-hybridized carbons (Fsp3) is 0.143. The Kier molecular flexibility index (Phi) is 6.15. The molecule has 0 fully saturated rings. The number of urea groups is 1. The average Bonchev–Trinajstić information content (AvgIpc) is 3.01. The molecule has 1 aromatic carbocycles. The van der Waals surface area contributed by atoms with Crippen LogP contribution in [-0.2, 0) is 0 Å². The number of oxime groups is 1. The SMILES string of the molecule is NCCNC(=O)Nc1cocc1/C(=N/O)Nc1ccc(F)c(Br)c1. The van der Waals surface area contributed by atoms with Crippen LogP contribution < -0.4 is 21.7 Å². The molecule has 0 bridgehead atoms. The molecule has 8 nitrogen and oxygen atoms in total. The maximum absolute atomic E-state index is 13.3. The monoisotopic (exact) mass is 399 g/mol. The second-order valence-corrected chi connectivity index (χ2v) is 5.43. The molecule has 0 radical (unpaired) electrons. The Labute approximate surface area is 145 Å². The third kappa shape index (κ3) is 4.46. The van der Waals surface area contributed by atoms with Gasteiger partial charge in [0.05, 0.1) is 15.7 Å². The largest absolute Gasteiger partial charge is 0.470 e. The van der Waals surface area contributed by atoms with Crippen LogP contribution in [0.4, 0.5) is 20.6 Å². The molecule has 0 atom stereocenters. The minimum Gasteiger partial charge on any atom is -0.470 e. The summed E-state index contributed by atoms with van der Waals surface area (Å²) < 4.78 is 18.6. The first-order valence-corrected chi connectivity index (χ1v) is 7.60. The van der Waals surface area contributed by atoms with Gasteiger partial charge in [-0.25, -0.2) is 9.18 Å². The zero-order valence-corrected chi connectivity index (χ0v) is 13.9. The summed E-state index contributed by atoms with van der Waals surface area (Å²) in [5.41, 5.74) is 6.36. The second-order valence-electron chi connectivity index (χ2n) is 4.57. The second kappa shape index (κ2) is 8.31. The standard InChI is InChI=1S/C14H15BrFN5O3/c15-10-5-8(1-2-11(10)16)19-13(21-23)9-6-24-7-12(9)20-14(22)18-4-3-17/h1-2,5-7,23H,3-4,17H2,(H,19,21)(H2,18,20,22). The number of benzene rings is 1. The van der Waals surface area contributed by atoms with Crippen molar-refractivity contribution in [2.75, 3.05) is 23.7 Å². The van der Waals surface area contributed by atoms with E-state index in [9.17, 15) is 14.4 Å². The van der Waals surface area contributed by atoms with E-state index >= 15 is 0 Å². The van der Waals surface area contributed by atoms with Crippen molar-refractivity contribution >= 4 is 39.2 Å². The maximum Gasteiger partial charge on any atom is 0.319 e. The molecule has 2 amide bonds. The molecule has 0 saturated heterocycles. The number of nitrogens with one attached hydrogen (secondary N) is 3. The highest BCUT2D eigenvalue weighted by Gasteiger charge is 2.16. The van der Waals surface area contributed by atoms with E-state index in [1.54, 1.807) is 0 Å². The molecule has 0 saturated carbocycles. The lowest BCUT2D eigenvalue weighted by Crippen LogP contribution is -2.33. The number of hydrogen-bond acceptors (Lipinski definition) is 5. The number of nitrogens with zero attached hydrogens (tertiary/aromatic N) is 1. The van der Waals surface area contributed by atoms with Gasteiger partial charge in [-0.1, -0.05) is 5.16 Å². The van der Waals surface area contributed by atoms with Crippen LogP contribution in [0.2, 0.25) is 0 Å². The molecule has 0 spiro atoms. The third-order valence-corrected chi connectivity index (χ3v) is 3.49. The Hall–Kier alpha value is -2.59. The van der Waals surface area contributed by atoms with Gasteiger partial charge in [-0.2, -0.15) is 0 Å². The highest BCUT2D eigenvalue weighted by molar-refractivity contribution is 9.10. The molecule has 6 N–H and O–H groups in total. The molecule has 1 aromatic heterocycles. The van der Waals surface area contributed by atoms with Gasteiger partial charge in [0.25, 0.3) is 0 Å². The van der Waals surface area contributed by atoms with Crippen molar-refractivity contribution in [2.45, 2.75) is 0 Å². The Morgan fingerprint density at radius 1 is 1.38 bits per heavy atom. The number of rotatable bonds is 5.